The summed E-state index contributed by atoms with van der Waals surface area (Å²) in [5, 5.41) is 0. The fraction of sp³-hybridized carbons (Fsp3) is 0.367. The molecular weight excluding hydrogens is 595 g/mol. The maximum Gasteiger partial charge on any atom is 0.362 e. The van der Waals surface area contributed by atoms with Gasteiger partial charge in [0.05, 0.1) is 37.6 Å². The first-order valence-corrected chi connectivity index (χ1v) is 15.6. The highest BCUT2D eigenvalue weighted by molar-refractivity contribution is 7.53. The van der Waals surface area contributed by atoms with E-state index in [0.717, 1.165) is 11.7 Å². The number of methoxy groups -OCH3 is 1. The zero-order chi connectivity index (χ0) is 31.7. The van der Waals surface area contributed by atoms with Crippen LogP contribution in [0.5, 0.6) is 0 Å². The highest BCUT2D eigenvalue weighted by atomic mass is 31.2. The van der Waals surface area contributed by atoms with Crippen LogP contribution in [-0.4, -0.2) is 72.3 Å². The van der Waals surface area contributed by atoms with Crippen molar-refractivity contribution in [2.24, 2.45) is 0 Å². The standard InChI is InChI=1S/C30H33N2O11P/c1-4-39-44(37,40-5-2)19-16-22-24(42-28(34)20-12-8-6-9-13-20)25(43-29(35)21-14-10-7-11-15-21)27(41-22)32-18-17-31-23(26(32)33)30(36)38-3/h6-15,17-18,22,24-25,27H,4-5,16,19H2,1-3H3/t22-,24-,25-,27-/m1/s1. The van der Waals surface area contributed by atoms with Crippen LogP contribution in [0.4, 0.5) is 0 Å². The number of carbonyl (C=O) groups is 3. The van der Waals surface area contributed by atoms with Crippen molar-refractivity contribution in [3.63, 3.8) is 0 Å². The van der Waals surface area contributed by atoms with E-state index in [1.807, 2.05) is 0 Å². The van der Waals surface area contributed by atoms with E-state index in [4.69, 9.17) is 23.3 Å². The quantitative estimate of drug-likeness (QED) is 0.152. The van der Waals surface area contributed by atoms with Gasteiger partial charge in [0.2, 0.25) is 5.69 Å². The summed E-state index contributed by atoms with van der Waals surface area (Å²) < 4.78 is 47.9. The lowest BCUT2D eigenvalue weighted by Gasteiger charge is -2.25. The molecule has 1 saturated heterocycles. The smallest absolute Gasteiger partial charge is 0.362 e. The lowest BCUT2D eigenvalue weighted by atomic mass is 10.1. The minimum atomic E-state index is -3.58. The van der Waals surface area contributed by atoms with Crippen molar-refractivity contribution in [2.75, 3.05) is 26.5 Å². The minimum absolute atomic E-state index is 0.0381. The predicted octanol–water partition coefficient (Wildman–Crippen LogP) is 4.03. The second-order valence-electron chi connectivity index (χ2n) is 9.48. The summed E-state index contributed by atoms with van der Waals surface area (Å²) in [6.45, 7) is 3.59. The van der Waals surface area contributed by atoms with Gasteiger partial charge in [-0.1, -0.05) is 36.4 Å². The number of carbonyl (C=O) groups excluding carboxylic acids is 3. The van der Waals surface area contributed by atoms with Crippen molar-refractivity contribution in [1.29, 1.82) is 0 Å². The van der Waals surface area contributed by atoms with Gasteiger partial charge in [0, 0.05) is 12.4 Å². The van der Waals surface area contributed by atoms with Gasteiger partial charge >= 0.3 is 25.5 Å². The summed E-state index contributed by atoms with van der Waals surface area (Å²) in [5.41, 5.74) is -1.03. The Hall–Kier alpha value is -4.16. The molecule has 1 aliphatic heterocycles. The van der Waals surface area contributed by atoms with E-state index in [0.29, 0.717) is 0 Å². The van der Waals surface area contributed by atoms with Gasteiger partial charge < -0.3 is 28.0 Å². The lowest BCUT2D eigenvalue weighted by Crippen LogP contribution is -2.42. The minimum Gasteiger partial charge on any atom is -0.464 e. The van der Waals surface area contributed by atoms with Crippen LogP contribution < -0.4 is 5.56 Å². The van der Waals surface area contributed by atoms with Gasteiger partial charge in [-0.3, -0.25) is 13.9 Å². The fourth-order valence-corrected chi connectivity index (χ4v) is 6.36. The van der Waals surface area contributed by atoms with Crippen molar-refractivity contribution >= 4 is 25.5 Å². The molecule has 1 aromatic heterocycles. The Morgan fingerprint density at radius 2 is 1.41 bits per heavy atom. The average molecular weight is 629 g/mol. The molecule has 44 heavy (non-hydrogen) atoms. The molecular formula is C30H33N2O11P. The first-order valence-electron chi connectivity index (χ1n) is 13.9. The normalized spacial score (nSPS) is 19.7. The van der Waals surface area contributed by atoms with Crippen LogP contribution in [0.15, 0.2) is 77.9 Å². The summed E-state index contributed by atoms with van der Waals surface area (Å²) in [4.78, 5) is 56.1. The van der Waals surface area contributed by atoms with E-state index in [9.17, 15) is 23.7 Å². The van der Waals surface area contributed by atoms with Crippen LogP contribution >= 0.6 is 7.60 Å². The number of aromatic nitrogens is 2. The molecule has 0 aliphatic carbocycles. The molecule has 13 nitrogen and oxygen atoms in total. The third-order valence-electron chi connectivity index (χ3n) is 6.65. The Labute approximate surface area is 253 Å². The van der Waals surface area contributed by atoms with Crippen LogP contribution in [0.25, 0.3) is 0 Å². The molecule has 0 N–H and O–H groups in total. The molecule has 4 rings (SSSR count). The van der Waals surface area contributed by atoms with Gasteiger partial charge in [0.15, 0.2) is 18.4 Å². The Kier molecular flexibility index (Phi) is 11.2. The molecule has 234 valence electrons. The van der Waals surface area contributed by atoms with Gasteiger partial charge in [0.25, 0.3) is 5.56 Å². The Balaban J connectivity index is 1.78. The predicted molar refractivity (Wildman–Crippen MR) is 155 cm³/mol. The summed E-state index contributed by atoms with van der Waals surface area (Å²) in [5.74, 6) is -2.52. The average Bonchev–Trinajstić information content (AvgIpc) is 3.36. The number of rotatable bonds is 13. The van der Waals surface area contributed by atoms with Crippen LogP contribution in [0.2, 0.25) is 0 Å². The van der Waals surface area contributed by atoms with Crippen molar-refractivity contribution in [2.45, 2.75) is 44.8 Å². The molecule has 4 atom stereocenters. The Morgan fingerprint density at radius 1 is 0.864 bits per heavy atom. The summed E-state index contributed by atoms with van der Waals surface area (Å²) >= 11 is 0. The molecule has 3 aromatic rings. The lowest BCUT2D eigenvalue weighted by molar-refractivity contribution is -0.0523. The highest BCUT2D eigenvalue weighted by Gasteiger charge is 2.51. The number of nitrogens with zero attached hydrogens (tertiary/aromatic N) is 2. The van der Waals surface area contributed by atoms with Crippen molar-refractivity contribution in [3.05, 3.63) is 100 Å². The van der Waals surface area contributed by atoms with Gasteiger partial charge in [-0.15, -0.1) is 0 Å². The number of hydrogen-bond acceptors (Lipinski definition) is 12. The SMILES string of the molecule is CCOP(=O)(CC[C@H]1O[C@@H](n2ccnc(C(=O)OC)c2=O)[C@H](OC(=O)c2ccccc2)[C@@H]1OC(=O)c1ccccc1)OCC. The fourth-order valence-electron chi connectivity index (χ4n) is 4.67. The largest absolute Gasteiger partial charge is 0.464 e. The molecule has 0 bridgehead atoms. The number of hydrogen-bond donors (Lipinski definition) is 0. The topological polar surface area (TPSA) is 159 Å². The summed E-state index contributed by atoms with van der Waals surface area (Å²) in [6, 6.07) is 16.2. The van der Waals surface area contributed by atoms with Gasteiger partial charge in [-0.25, -0.2) is 19.4 Å². The van der Waals surface area contributed by atoms with E-state index in [2.05, 4.69) is 9.72 Å². The van der Waals surface area contributed by atoms with Gasteiger partial charge in [0.1, 0.15) is 6.10 Å². The maximum atomic E-state index is 13.4. The first kappa shape index (κ1) is 32.7. The van der Waals surface area contributed by atoms with E-state index < -0.39 is 61.3 Å². The zero-order valence-corrected chi connectivity index (χ0v) is 25.3. The molecule has 0 saturated carbocycles. The second kappa shape index (κ2) is 15.0. The number of ether oxygens (including phenoxy) is 4. The van der Waals surface area contributed by atoms with Crippen molar-refractivity contribution in [3.8, 4) is 0 Å². The van der Waals surface area contributed by atoms with E-state index in [1.165, 1.54) is 24.5 Å². The summed E-state index contributed by atoms with van der Waals surface area (Å²) in [7, 11) is -2.48. The molecule has 14 heteroatoms. The Morgan fingerprint density at radius 3 is 1.93 bits per heavy atom. The van der Waals surface area contributed by atoms with E-state index in [1.54, 1.807) is 62.4 Å². The zero-order valence-electron chi connectivity index (χ0n) is 24.4. The van der Waals surface area contributed by atoms with E-state index in [-0.39, 0.29) is 36.9 Å². The second-order valence-corrected chi connectivity index (χ2v) is 11.7. The first-order chi connectivity index (χ1) is 21.2. The highest BCUT2D eigenvalue weighted by Crippen LogP contribution is 2.50. The monoisotopic (exact) mass is 628 g/mol. The third-order valence-corrected chi connectivity index (χ3v) is 8.76. The van der Waals surface area contributed by atoms with E-state index >= 15 is 0 Å². The van der Waals surface area contributed by atoms with Crippen LogP contribution in [-0.2, 0) is 32.6 Å². The van der Waals surface area contributed by atoms with Gasteiger partial charge in [-0.2, -0.15) is 0 Å². The number of benzene rings is 2. The molecule has 1 fully saturated rings. The molecule has 1 aliphatic rings. The van der Waals surface area contributed by atoms with Gasteiger partial charge in [-0.05, 0) is 44.5 Å². The Bertz CT molecular complexity index is 1540. The van der Waals surface area contributed by atoms with Crippen molar-refractivity contribution < 1.29 is 46.9 Å². The summed E-state index contributed by atoms with van der Waals surface area (Å²) in [6.07, 6.45) is -2.89. The van der Waals surface area contributed by atoms with Crippen LogP contribution in [0.3, 0.4) is 0 Å². The maximum absolute atomic E-state index is 13.4. The molecule has 0 unspecified atom stereocenters. The molecule has 0 spiro atoms. The number of esters is 3. The molecule has 2 heterocycles. The van der Waals surface area contributed by atoms with Crippen molar-refractivity contribution in [1.82, 2.24) is 9.55 Å². The van der Waals surface area contributed by atoms with Crippen LogP contribution in [0.1, 0.15) is 57.7 Å². The third kappa shape index (κ3) is 7.67. The molecule has 2 aromatic carbocycles. The molecule has 0 radical (unpaired) electrons. The van der Waals surface area contributed by atoms with Crippen LogP contribution in [0, 0.1) is 0 Å². The molecule has 0 amide bonds.